The second-order valence-corrected chi connectivity index (χ2v) is 8.41. The molecule has 3 aliphatic rings. The zero-order valence-corrected chi connectivity index (χ0v) is 14.7. The number of carbonyl (C=O) groups excluding carboxylic acids is 1. The minimum Gasteiger partial charge on any atom is -0.363 e. The van der Waals surface area contributed by atoms with Crippen molar-refractivity contribution in [3.63, 3.8) is 0 Å². The van der Waals surface area contributed by atoms with Gasteiger partial charge >= 0.3 is 0 Å². The molecule has 1 aromatic rings. The van der Waals surface area contributed by atoms with Crippen LogP contribution in [0.25, 0.3) is 0 Å². The quantitative estimate of drug-likeness (QED) is 0.849. The lowest BCUT2D eigenvalue weighted by Crippen LogP contribution is -2.64. The van der Waals surface area contributed by atoms with Crippen LogP contribution >= 0.6 is 11.3 Å². The minimum absolute atomic E-state index is 0.116. The first kappa shape index (κ1) is 15.6. The molecule has 0 N–H and O–H groups in total. The molecule has 3 fully saturated rings. The summed E-state index contributed by atoms with van der Waals surface area (Å²) in [4.78, 5) is 18.3. The van der Waals surface area contributed by atoms with Crippen LogP contribution in [0.5, 0.6) is 0 Å². The van der Waals surface area contributed by atoms with Crippen molar-refractivity contribution in [3.8, 4) is 0 Å². The average Bonchev–Trinajstić information content (AvgIpc) is 3.24. The SMILES string of the molecule is C[C@@H]1N(CC2CC2)C(=O)COC12CCN(Cc1cccs1)CC2. The molecule has 2 aliphatic heterocycles. The molecule has 1 spiro atoms. The van der Waals surface area contributed by atoms with Crippen molar-refractivity contribution in [2.75, 3.05) is 26.2 Å². The maximum atomic E-state index is 12.3. The number of piperidine rings is 1. The average molecular weight is 334 g/mol. The van der Waals surface area contributed by atoms with Crippen LogP contribution in [0.4, 0.5) is 0 Å². The number of morpholine rings is 1. The number of rotatable bonds is 4. The van der Waals surface area contributed by atoms with Crippen molar-refractivity contribution < 1.29 is 9.53 Å². The molecule has 1 atom stereocenters. The Morgan fingerprint density at radius 2 is 2.13 bits per heavy atom. The lowest BCUT2D eigenvalue weighted by atomic mass is 9.82. The monoisotopic (exact) mass is 334 g/mol. The van der Waals surface area contributed by atoms with Crippen LogP contribution in [0.1, 0.15) is 37.5 Å². The zero-order valence-electron chi connectivity index (χ0n) is 13.9. The summed E-state index contributed by atoms with van der Waals surface area (Å²) in [6.45, 7) is 6.61. The molecule has 1 aliphatic carbocycles. The highest BCUT2D eigenvalue weighted by atomic mass is 32.1. The number of ether oxygens (including phenoxy) is 1. The van der Waals surface area contributed by atoms with Crippen LogP contribution in [0, 0.1) is 5.92 Å². The summed E-state index contributed by atoms with van der Waals surface area (Å²) in [5.74, 6) is 0.937. The van der Waals surface area contributed by atoms with Crippen LogP contribution in [-0.4, -0.2) is 53.6 Å². The molecule has 0 bridgehead atoms. The number of amides is 1. The maximum Gasteiger partial charge on any atom is 0.248 e. The zero-order chi connectivity index (χ0) is 15.9. The van der Waals surface area contributed by atoms with Gasteiger partial charge in [0.2, 0.25) is 5.91 Å². The van der Waals surface area contributed by atoms with Gasteiger partial charge in [-0.2, -0.15) is 0 Å². The van der Waals surface area contributed by atoms with E-state index in [0.717, 1.165) is 44.9 Å². The van der Waals surface area contributed by atoms with E-state index >= 15 is 0 Å². The summed E-state index contributed by atoms with van der Waals surface area (Å²) in [6, 6.07) is 4.55. The molecule has 4 nitrogen and oxygen atoms in total. The minimum atomic E-state index is -0.116. The van der Waals surface area contributed by atoms with Gasteiger partial charge in [-0.3, -0.25) is 9.69 Å². The molecule has 0 unspecified atom stereocenters. The molecular formula is C18H26N2O2S. The first-order valence-corrected chi connectivity index (χ1v) is 9.72. The third-order valence-corrected chi connectivity index (χ3v) is 6.71. The Morgan fingerprint density at radius 3 is 2.78 bits per heavy atom. The molecule has 3 heterocycles. The van der Waals surface area contributed by atoms with Crippen LogP contribution in [-0.2, 0) is 16.1 Å². The van der Waals surface area contributed by atoms with E-state index in [2.05, 4.69) is 34.2 Å². The Labute approximate surface area is 142 Å². The summed E-state index contributed by atoms with van der Waals surface area (Å²) in [5, 5.41) is 2.15. The van der Waals surface area contributed by atoms with Crippen molar-refractivity contribution in [3.05, 3.63) is 22.4 Å². The molecule has 2 saturated heterocycles. The second kappa shape index (κ2) is 6.19. The molecule has 0 aromatic carbocycles. The van der Waals surface area contributed by atoms with Crippen molar-refractivity contribution in [1.82, 2.24) is 9.80 Å². The van der Waals surface area contributed by atoms with E-state index in [0.29, 0.717) is 0 Å². The third-order valence-electron chi connectivity index (χ3n) is 5.85. The van der Waals surface area contributed by atoms with Gasteiger partial charge in [0.25, 0.3) is 0 Å². The summed E-state index contributed by atoms with van der Waals surface area (Å²) in [5.41, 5.74) is -0.116. The summed E-state index contributed by atoms with van der Waals surface area (Å²) in [6.07, 6.45) is 4.65. The van der Waals surface area contributed by atoms with E-state index in [9.17, 15) is 4.79 Å². The molecule has 1 amide bonds. The highest BCUT2D eigenvalue weighted by molar-refractivity contribution is 7.09. The number of likely N-dealkylation sites (tertiary alicyclic amines) is 1. The van der Waals surface area contributed by atoms with Crippen LogP contribution < -0.4 is 0 Å². The molecule has 0 radical (unpaired) electrons. The van der Waals surface area contributed by atoms with Gasteiger partial charge in [-0.1, -0.05) is 6.07 Å². The smallest absolute Gasteiger partial charge is 0.248 e. The topological polar surface area (TPSA) is 32.8 Å². The lowest BCUT2D eigenvalue weighted by Gasteiger charge is -2.51. The standard InChI is InChI=1S/C18H26N2O2S/c1-14-18(22-13-17(21)20(14)11-15-4-5-15)6-8-19(9-7-18)12-16-3-2-10-23-16/h2-3,10,14-15H,4-9,11-13H2,1H3/t14-/m0/s1. The molecule has 4 rings (SSSR count). The first-order valence-electron chi connectivity index (χ1n) is 8.84. The molecule has 1 saturated carbocycles. The number of hydrogen-bond acceptors (Lipinski definition) is 4. The predicted octanol–water partition coefficient (Wildman–Crippen LogP) is 2.74. The van der Waals surface area contributed by atoms with Gasteiger partial charge in [0, 0.05) is 31.1 Å². The van der Waals surface area contributed by atoms with Crippen LogP contribution in [0.2, 0.25) is 0 Å². The maximum absolute atomic E-state index is 12.3. The van der Waals surface area contributed by atoms with Crippen molar-refractivity contribution in [2.24, 2.45) is 5.92 Å². The third kappa shape index (κ3) is 3.19. The second-order valence-electron chi connectivity index (χ2n) is 7.37. The number of hydrogen-bond donors (Lipinski definition) is 0. The summed E-state index contributed by atoms with van der Waals surface area (Å²) in [7, 11) is 0. The lowest BCUT2D eigenvalue weighted by molar-refractivity contribution is -0.187. The van der Waals surface area contributed by atoms with E-state index in [1.54, 1.807) is 0 Å². The van der Waals surface area contributed by atoms with Gasteiger partial charge in [-0.05, 0) is 50.0 Å². The molecule has 1 aromatic heterocycles. The summed E-state index contributed by atoms with van der Waals surface area (Å²) >= 11 is 1.83. The van der Waals surface area contributed by atoms with Gasteiger partial charge in [0.05, 0.1) is 11.6 Å². The highest BCUT2D eigenvalue weighted by Gasteiger charge is 2.48. The van der Waals surface area contributed by atoms with Gasteiger partial charge < -0.3 is 9.64 Å². The van der Waals surface area contributed by atoms with E-state index in [1.165, 1.54) is 17.7 Å². The Kier molecular flexibility index (Phi) is 4.20. The fourth-order valence-electron chi connectivity index (χ4n) is 4.02. The van der Waals surface area contributed by atoms with Crippen LogP contribution in [0.3, 0.4) is 0 Å². The van der Waals surface area contributed by atoms with E-state index in [4.69, 9.17) is 4.74 Å². The largest absolute Gasteiger partial charge is 0.363 e. The molecule has 126 valence electrons. The van der Waals surface area contributed by atoms with E-state index in [1.807, 2.05) is 11.3 Å². The summed E-state index contributed by atoms with van der Waals surface area (Å²) < 4.78 is 6.13. The van der Waals surface area contributed by atoms with Gasteiger partial charge in [0.1, 0.15) is 6.61 Å². The van der Waals surface area contributed by atoms with Crippen LogP contribution in [0.15, 0.2) is 17.5 Å². The van der Waals surface area contributed by atoms with E-state index in [-0.39, 0.29) is 24.2 Å². The molecule has 23 heavy (non-hydrogen) atoms. The van der Waals surface area contributed by atoms with Crippen molar-refractivity contribution in [1.29, 1.82) is 0 Å². The Balaban J connectivity index is 1.39. The Bertz CT molecular complexity index is 547. The Morgan fingerprint density at radius 1 is 1.35 bits per heavy atom. The van der Waals surface area contributed by atoms with E-state index < -0.39 is 0 Å². The first-order chi connectivity index (χ1) is 11.2. The van der Waals surface area contributed by atoms with Crippen molar-refractivity contribution >= 4 is 17.2 Å². The normalized spacial score (nSPS) is 28.5. The van der Waals surface area contributed by atoms with Crippen molar-refractivity contribution in [2.45, 2.75) is 50.8 Å². The van der Waals surface area contributed by atoms with Gasteiger partial charge in [-0.15, -0.1) is 11.3 Å². The number of nitrogens with zero attached hydrogens (tertiary/aromatic N) is 2. The molecular weight excluding hydrogens is 308 g/mol. The molecule has 5 heteroatoms. The fourth-order valence-corrected chi connectivity index (χ4v) is 4.77. The number of carbonyl (C=O) groups is 1. The predicted molar refractivity (Wildman–Crippen MR) is 91.4 cm³/mol. The highest BCUT2D eigenvalue weighted by Crippen LogP contribution is 2.38. The fraction of sp³-hybridized carbons (Fsp3) is 0.722. The van der Waals surface area contributed by atoms with Gasteiger partial charge in [0.15, 0.2) is 0 Å². The van der Waals surface area contributed by atoms with Gasteiger partial charge in [-0.25, -0.2) is 0 Å². The Hall–Kier alpha value is -0.910. The number of thiophene rings is 1.